The number of nitrogens with one attached hydrogen (secondary N) is 1. The van der Waals surface area contributed by atoms with Gasteiger partial charge < -0.3 is 19.7 Å². The van der Waals surface area contributed by atoms with Crippen LogP contribution in [0, 0.1) is 5.82 Å². The lowest BCUT2D eigenvalue weighted by Crippen LogP contribution is -2.56. The van der Waals surface area contributed by atoms with Crippen molar-refractivity contribution in [1.82, 2.24) is 10.2 Å². The lowest BCUT2D eigenvalue weighted by atomic mass is 10.0. The maximum atomic E-state index is 14.1. The van der Waals surface area contributed by atoms with Gasteiger partial charge in [-0.1, -0.05) is 42.5 Å². The largest absolute Gasteiger partial charge is 0.454 e. The standard InChI is InChI=1S/C30H34FN3O6S/c1-30(2,3)32-29(36)25(16-21-8-6-5-7-9-21)33(18-22-10-12-23(31)13-11-22)28(35)19-34(41(4,37)38)24-14-15-26-27(17-24)40-20-39-26/h5-15,17,25H,16,18-20H2,1-4H3,(H,32,36). The predicted molar refractivity (Wildman–Crippen MR) is 154 cm³/mol. The van der Waals surface area contributed by atoms with Crippen molar-refractivity contribution in [2.24, 2.45) is 0 Å². The fourth-order valence-electron chi connectivity index (χ4n) is 4.45. The van der Waals surface area contributed by atoms with Crippen LogP contribution >= 0.6 is 0 Å². The number of carbonyl (C=O) groups excluding carboxylic acids is 2. The molecule has 1 aliphatic heterocycles. The van der Waals surface area contributed by atoms with E-state index in [1.807, 2.05) is 51.1 Å². The molecule has 0 fully saturated rings. The smallest absolute Gasteiger partial charge is 0.244 e. The van der Waals surface area contributed by atoms with E-state index in [2.05, 4.69) is 5.32 Å². The second-order valence-electron chi connectivity index (χ2n) is 10.9. The summed E-state index contributed by atoms with van der Waals surface area (Å²) in [6.45, 7) is 4.89. The minimum absolute atomic E-state index is 0.00605. The van der Waals surface area contributed by atoms with E-state index in [1.165, 1.54) is 41.3 Å². The van der Waals surface area contributed by atoms with E-state index in [-0.39, 0.29) is 25.4 Å². The van der Waals surface area contributed by atoms with Crippen LogP contribution in [0.1, 0.15) is 31.9 Å². The molecule has 0 bridgehead atoms. The Morgan fingerprint density at radius 3 is 2.24 bits per heavy atom. The quantitative estimate of drug-likeness (QED) is 0.389. The van der Waals surface area contributed by atoms with Gasteiger partial charge in [0.25, 0.3) is 0 Å². The first kappa shape index (κ1) is 29.9. The minimum atomic E-state index is -3.94. The number of hydrogen-bond donors (Lipinski definition) is 1. The van der Waals surface area contributed by atoms with Crippen LogP contribution in [0.3, 0.4) is 0 Å². The van der Waals surface area contributed by atoms with E-state index in [0.29, 0.717) is 17.1 Å². The van der Waals surface area contributed by atoms with Gasteiger partial charge in [0.05, 0.1) is 11.9 Å². The second-order valence-corrected chi connectivity index (χ2v) is 12.8. The number of halogens is 1. The van der Waals surface area contributed by atoms with Gasteiger partial charge in [0.15, 0.2) is 11.5 Å². The van der Waals surface area contributed by atoms with Crippen LogP contribution in [0.2, 0.25) is 0 Å². The number of amides is 2. The molecule has 0 radical (unpaired) electrons. The molecule has 1 N–H and O–H groups in total. The van der Waals surface area contributed by atoms with E-state index in [0.717, 1.165) is 16.1 Å². The van der Waals surface area contributed by atoms with Crippen molar-refractivity contribution in [1.29, 1.82) is 0 Å². The number of anilines is 1. The summed E-state index contributed by atoms with van der Waals surface area (Å²) >= 11 is 0. The number of ether oxygens (including phenoxy) is 2. The molecule has 41 heavy (non-hydrogen) atoms. The Bertz CT molecular complexity index is 1490. The fraction of sp³-hybridized carbons (Fsp3) is 0.333. The number of sulfonamides is 1. The molecule has 1 atom stereocenters. The lowest BCUT2D eigenvalue weighted by Gasteiger charge is -2.35. The number of fused-ring (bicyclic) bond motifs is 1. The van der Waals surface area contributed by atoms with Crippen LogP contribution in [-0.2, 0) is 32.6 Å². The molecule has 4 rings (SSSR count). The van der Waals surface area contributed by atoms with Gasteiger partial charge in [0, 0.05) is 24.6 Å². The normalized spacial score (nSPS) is 13.4. The molecule has 218 valence electrons. The maximum absolute atomic E-state index is 14.1. The highest BCUT2D eigenvalue weighted by Crippen LogP contribution is 2.36. The topological polar surface area (TPSA) is 105 Å². The SMILES string of the molecule is CC(C)(C)NC(=O)C(Cc1ccccc1)N(Cc1ccc(F)cc1)C(=O)CN(c1ccc2c(c1)OCO2)S(C)(=O)=O. The number of benzene rings is 3. The Morgan fingerprint density at radius 2 is 1.61 bits per heavy atom. The number of nitrogens with zero attached hydrogens (tertiary/aromatic N) is 2. The van der Waals surface area contributed by atoms with Crippen LogP contribution in [-0.4, -0.2) is 56.3 Å². The van der Waals surface area contributed by atoms with Gasteiger partial charge in [-0.05, 0) is 56.2 Å². The van der Waals surface area contributed by atoms with E-state index in [9.17, 15) is 22.4 Å². The third kappa shape index (κ3) is 7.97. The van der Waals surface area contributed by atoms with Crippen molar-refractivity contribution < 1.29 is 31.9 Å². The van der Waals surface area contributed by atoms with Gasteiger partial charge in [-0.25, -0.2) is 12.8 Å². The summed E-state index contributed by atoms with van der Waals surface area (Å²) in [5.74, 6) is -0.622. The molecule has 11 heteroatoms. The van der Waals surface area contributed by atoms with Gasteiger partial charge in [-0.3, -0.25) is 13.9 Å². The zero-order valence-corrected chi connectivity index (χ0v) is 24.3. The first-order chi connectivity index (χ1) is 19.3. The van der Waals surface area contributed by atoms with Gasteiger partial charge in [0.1, 0.15) is 18.4 Å². The number of hydrogen-bond acceptors (Lipinski definition) is 6. The Hall–Kier alpha value is -4.12. The summed E-state index contributed by atoms with van der Waals surface area (Å²) in [4.78, 5) is 29.2. The van der Waals surface area contributed by atoms with Crippen LogP contribution in [0.25, 0.3) is 0 Å². The molecule has 0 saturated heterocycles. The fourth-order valence-corrected chi connectivity index (χ4v) is 5.29. The first-order valence-corrected chi connectivity index (χ1v) is 14.9. The predicted octanol–water partition coefficient (Wildman–Crippen LogP) is 3.88. The number of carbonyl (C=O) groups is 2. The van der Waals surface area contributed by atoms with Crippen molar-refractivity contribution >= 4 is 27.5 Å². The van der Waals surface area contributed by atoms with Gasteiger partial charge in [-0.15, -0.1) is 0 Å². The molecule has 3 aromatic carbocycles. The molecular weight excluding hydrogens is 549 g/mol. The van der Waals surface area contributed by atoms with E-state index >= 15 is 0 Å². The van der Waals surface area contributed by atoms with E-state index in [1.54, 1.807) is 6.07 Å². The van der Waals surface area contributed by atoms with Crippen LogP contribution in [0.4, 0.5) is 10.1 Å². The van der Waals surface area contributed by atoms with E-state index in [4.69, 9.17) is 9.47 Å². The third-order valence-corrected chi connectivity index (χ3v) is 7.50. The van der Waals surface area contributed by atoms with Gasteiger partial charge in [-0.2, -0.15) is 0 Å². The highest BCUT2D eigenvalue weighted by molar-refractivity contribution is 7.92. The van der Waals surface area contributed by atoms with Crippen LogP contribution in [0.5, 0.6) is 11.5 Å². The van der Waals surface area contributed by atoms with Gasteiger partial charge in [0.2, 0.25) is 28.6 Å². The molecule has 0 saturated carbocycles. The Kier molecular flexibility index (Phi) is 8.86. The van der Waals surface area contributed by atoms with Crippen molar-refractivity contribution in [3.63, 3.8) is 0 Å². The molecule has 9 nitrogen and oxygen atoms in total. The molecule has 3 aromatic rings. The summed E-state index contributed by atoms with van der Waals surface area (Å²) < 4.78 is 51.3. The summed E-state index contributed by atoms with van der Waals surface area (Å²) in [6, 6.07) is 18.4. The summed E-state index contributed by atoms with van der Waals surface area (Å²) in [5, 5.41) is 2.96. The molecule has 2 amide bonds. The third-order valence-electron chi connectivity index (χ3n) is 6.36. The molecule has 1 aliphatic rings. The minimum Gasteiger partial charge on any atom is -0.454 e. The first-order valence-electron chi connectivity index (χ1n) is 13.1. The summed E-state index contributed by atoms with van der Waals surface area (Å²) in [5.41, 5.74) is 1.01. The average Bonchev–Trinajstić information content (AvgIpc) is 3.37. The molecule has 1 heterocycles. The average molecular weight is 584 g/mol. The molecule has 0 aliphatic carbocycles. The second kappa shape index (κ2) is 12.2. The zero-order chi connectivity index (χ0) is 29.8. The molecule has 0 aromatic heterocycles. The zero-order valence-electron chi connectivity index (χ0n) is 23.5. The Balaban J connectivity index is 1.74. The van der Waals surface area contributed by atoms with Crippen LogP contribution < -0.4 is 19.1 Å². The van der Waals surface area contributed by atoms with Crippen LogP contribution in [0.15, 0.2) is 72.8 Å². The van der Waals surface area contributed by atoms with Crippen molar-refractivity contribution in [2.75, 3.05) is 23.9 Å². The van der Waals surface area contributed by atoms with Crippen molar-refractivity contribution in [2.45, 2.75) is 45.3 Å². The maximum Gasteiger partial charge on any atom is 0.244 e. The van der Waals surface area contributed by atoms with Crippen molar-refractivity contribution in [3.05, 3.63) is 89.7 Å². The van der Waals surface area contributed by atoms with E-state index < -0.39 is 45.8 Å². The van der Waals surface area contributed by atoms with Gasteiger partial charge >= 0.3 is 0 Å². The highest BCUT2D eigenvalue weighted by atomic mass is 32.2. The highest BCUT2D eigenvalue weighted by Gasteiger charge is 2.34. The molecular formula is C30H34FN3O6S. The summed E-state index contributed by atoms with van der Waals surface area (Å²) in [6.07, 6.45) is 1.18. The molecule has 1 unspecified atom stereocenters. The lowest BCUT2D eigenvalue weighted by molar-refractivity contribution is -0.140. The Labute approximate surface area is 239 Å². The van der Waals surface area contributed by atoms with Crippen molar-refractivity contribution in [3.8, 4) is 11.5 Å². The Morgan fingerprint density at radius 1 is 0.951 bits per heavy atom. The number of rotatable bonds is 10. The monoisotopic (exact) mass is 583 g/mol. The molecule has 0 spiro atoms. The summed E-state index contributed by atoms with van der Waals surface area (Å²) in [7, 11) is -3.94.